The number of hydrogen-bond donors (Lipinski definition) is 0. The lowest BCUT2D eigenvalue weighted by Gasteiger charge is -2.48. The molecule has 46 heavy (non-hydrogen) atoms. The van der Waals surface area contributed by atoms with Crippen molar-refractivity contribution >= 4 is 33.2 Å². The minimum atomic E-state index is -0.570. The molecule has 0 N–H and O–H groups in total. The van der Waals surface area contributed by atoms with Crippen molar-refractivity contribution in [2.45, 2.75) is 52.3 Å². The Hall–Kier alpha value is -3.67. The van der Waals surface area contributed by atoms with Crippen LogP contribution in [0.3, 0.4) is 0 Å². The lowest BCUT2D eigenvalue weighted by Crippen LogP contribution is -2.51. The van der Waals surface area contributed by atoms with Crippen LogP contribution < -0.4 is 9.64 Å². The molecule has 2 aromatic carbocycles. The molecule has 0 atom stereocenters. The number of anilines is 1. The Balaban J connectivity index is 1.33. The molecule has 2 fully saturated rings. The van der Waals surface area contributed by atoms with E-state index in [0.29, 0.717) is 44.0 Å². The molecular weight excluding hydrogens is 607 g/mol. The number of piperidine rings is 1. The number of hydrogen-bond acceptors (Lipinski definition) is 8. The first kappa shape index (κ1) is 31.0. The van der Waals surface area contributed by atoms with Gasteiger partial charge in [-0.2, -0.15) is 5.10 Å². The Labute approximate surface area is 272 Å². The van der Waals surface area contributed by atoms with Gasteiger partial charge in [-0.1, -0.05) is 0 Å². The lowest BCUT2D eigenvalue weighted by molar-refractivity contribution is -0.124. The van der Waals surface area contributed by atoms with Gasteiger partial charge in [0.2, 0.25) is 0 Å². The lowest BCUT2D eigenvalue weighted by atomic mass is 9.76. The smallest absolute Gasteiger partial charge is 0.410 e. The second-order valence-electron chi connectivity index (χ2n) is 13.6. The average molecular weight is 649 g/mol. The summed E-state index contributed by atoms with van der Waals surface area (Å²) in [5.74, 6) is 0.101. The number of rotatable bonds is 7. The highest BCUT2D eigenvalue weighted by molar-refractivity contribution is 7.18. The van der Waals surface area contributed by atoms with Gasteiger partial charge in [-0.05, 0) is 69.3 Å². The second-order valence-corrected chi connectivity index (χ2v) is 14.5. The van der Waals surface area contributed by atoms with E-state index in [9.17, 15) is 9.18 Å². The zero-order valence-corrected chi connectivity index (χ0v) is 27.8. The molecule has 2 saturated heterocycles. The SMILES string of the molecule is COCCOc1cc(F)ccc1-c1c(-c2cc3n(n2)CCN(C(=O)OC(C)(C)C)C3)cc(N2CCC3(CC2)COC3)c2ccsc12. The van der Waals surface area contributed by atoms with Gasteiger partial charge in [0.1, 0.15) is 23.8 Å². The molecule has 3 aliphatic heterocycles. The molecule has 244 valence electrons. The number of ether oxygens (including phenoxy) is 4. The number of carbonyl (C=O) groups is 1. The number of thiophene rings is 1. The number of benzene rings is 2. The quantitative estimate of drug-likeness (QED) is 0.201. The summed E-state index contributed by atoms with van der Waals surface area (Å²) in [5.41, 5.74) is 5.38. The second kappa shape index (κ2) is 12.2. The van der Waals surface area contributed by atoms with Crippen molar-refractivity contribution in [3.63, 3.8) is 0 Å². The van der Waals surface area contributed by atoms with Crippen molar-refractivity contribution in [3.8, 4) is 28.1 Å². The molecule has 0 bridgehead atoms. The van der Waals surface area contributed by atoms with Crippen LogP contribution in [-0.2, 0) is 27.3 Å². The first-order chi connectivity index (χ1) is 22.1. The van der Waals surface area contributed by atoms with Gasteiger partial charge in [0.15, 0.2) is 0 Å². The molecule has 0 aliphatic carbocycles. The highest BCUT2D eigenvalue weighted by Crippen LogP contribution is 2.49. The predicted octanol–water partition coefficient (Wildman–Crippen LogP) is 6.96. The Morgan fingerprint density at radius 1 is 1.04 bits per heavy atom. The Morgan fingerprint density at radius 2 is 1.85 bits per heavy atom. The number of carbonyl (C=O) groups excluding carboxylic acids is 1. The third-order valence-corrected chi connectivity index (χ3v) is 10.1. The van der Waals surface area contributed by atoms with Crippen LogP contribution in [0.1, 0.15) is 39.3 Å². The van der Waals surface area contributed by atoms with Gasteiger partial charge in [-0.15, -0.1) is 11.3 Å². The van der Waals surface area contributed by atoms with Gasteiger partial charge in [-0.25, -0.2) is 9.18 Å². The van der Waals surface area contributed by atoms with Crippen LogP contribution in [0.4, 0.5) is 14.9 Å². The maximum absolute atomic E-state index is 14.6. The van der Waals surface area contributed by atoms with Crippen molar-refractivity contribution in [3.05, 3.63) is 53.3 Å². The van der Waals surface area contributed by atoms with E-state index in [1.165, 1.54) is 17.8 Å². The number of methoxy groups -OCH3 is 1. The fourth-order valence-electron chi connectivity index (χ4n) is 6.68. The summed E-state index contributed by atoms with van der Waals surface area (Å²) in [4.78, 5) is 17.2. The van der Waals surface area contributed by atoms with Crippen LogP contribution in [0, 0.1) is 11.2 Å². The van der Waals surface area contributed by atoms with E-state index in [0.717, 1.165) is 77.3 Å². The monoisotopic (exact) mass is 648 g/mol. The van der Waals surface area contributed by atoms with E-state index in [-0.39, 0.29) is 11.9 Å². The van der Waals surface area contributed by atoms with Crippen molar-refractivity contribution in [1.82, 2.24) is 14.7 Å². The van der Waals surface area contributed by atoms with Crippen LogP contribution in [-0.4, -0.2) is 79.5 Å². The molecule has 0 unspecified atom stereocenters. The van der Waals surface area contributed by atoms with Crippen molar-refractivity contribution < 1.29 is 28.1 Å². The number of aromatic nitrogens is 2. The van der Waals surface area contributed by atoms with Gasteiger partial charge in [0.25, 0.3) is 0 Å². The topological polar surface area (TPSA) is 78.3 Å². The molecule has 9 nitrogen and oxygen atoms in total. The van der Waals surface area contributed by atoms with E-state index < -0.39 is 5.60 Å². The van der Waals surface area contributed by atoms with E-state index in [2.05, 4.69) is 28.5 Å². The van der Waals surface area contributed by atoms with Crippen LogP contribution in [0.5, 0.6) is 5.75 Å². The summed E-state index contributed by atoms with van der Waals surface area (Å²) in [6, 6.07) is 11.2. The molecule has 1 amide bonds. The van der Waals surface area contributed by atoms with Gasteiger partial charge >= 0.3 is 6.09 Å². The number of nitrogens with zero attached hydrogens (tertiary/aromatic N) is 4. The van der Waals surface area contributed by atoms with Gasteiger partial charge in [-0.3, -0.25) is 4.68 Å². The molecule has 1 spiro atoms. The van der Waals surface area contributed by atoms with Crippen LogP contribution in [0.2, 0.25) is 0 Å². The highest BCUT2D eigenvalue weighted by atomic mass is 32.1. The molecule has 0 saturated carbocycles. The van der Waals surface area contributed by atoms with Gasteiger partial charge in [0, 0.05) is 70.7 Å². The summed E-state index contributed by atoms with van der Waals surface area (Å²) < 4.78 is 40.3. The van der Waals surface area contributed by atoms with Crippen molar-refractivity contribution in [1.29, 1.82) is 0 Å². The van der Waals surface area contributed by atoms with E-state index in [1.54, 1.807) is 29.4 Å². The third-order valence-electron chi connectivity index (χ3n) is 9.18. The fourth-order valence-corrected chi connectivity index (χ4v) is 7.66. The minimum Gasteiger partial charge on any atom is -0.490 e. The standard InChI is InChI=1S/C35H41FN4O5S/c1-34(2,3)45-33(41)39-12-13-40-24(20-39)18-28(37-40)27-19-29(38-10-8-35(9-11-38)21-43-22-35)25-7-16-46-32(25)31(27)26-6-5-23(36)17-30(26)44-15-14-42-4/h5-7,16-19H,8-15,20-22H2,1-4H3. The fraction of sp³-hybridized carbons (Fsp3) is 0.486. The minimum absolute atomic E-state index is 0.298. The third kappa shape index (κ3) is 5.96. The molecular formula is C35H41FN4O5S. The summed E-state index contributed by atoms with van der Waals surface area (Å²) >= 11 is 1.67. The number of halogens is 1. The van der Waals surface area contributed by atoms with E-state index in [4.69, 9.17) is 24.0 Å². The number of fused-ring (bicyclic) bond motifs is 2. The van der Waals surface area contributed by atoms with Crippen LogP contribution in [0.25, 0.3) is 32.5 Å². The first-order valence-electron chi connectivity index (χ1n) is 16.0. The molecule has 3 aliphatic rings. The Kier molecular flexibility index (Phi) is 8.19. The summed E-state index contributed by atoms with van der Waals surface area (Å²) in [5, 5.41) is 8.38. The normalized spacial score (nSPS) is 17.7. The molecule has 2 aromatic heterocycles. The maximum Gasteiger partial charge on any atom is 0.410 e. The zero-order chi connectivity index (χ0) is 32.1. The summed E-state index contributed by atoms with van der Waals surface area (Å²) in [6.45, 7) is 11.4. The summed E-state index contributed by atoms with van der Waals surface area (Å²) in [7, 11) is 1.62. The zero-order valence-electron chi connectivity index (χ0n) is 26.9. The Bertz CT molecular complexity index is 1750. The van der Waals surface area contributed by atoms with Crippen LogP contribution in [0.15, 0.2) is 41.8 Å². The van der Waals surface area contributed by atoms with Crippen molar-refractivity contribution in [2.24, 2.45) is 5.41 Å². The number of amides is 1. The maximum atomic E-state index is 14.6. The molecule has 5 heterocycles. The summed E-state index contributed by atoms with van der Waals surface area (Å²) in [6.07, 6.45) is 1.88. The molecule has 11 heteroatoms. The van der Waals surface area contributed by atoms with E-state index >= 15 is 0 Å². The predicted molar refractivity (Wildman–Crippen MR) is 177 cm³/mol. The van der Waals surface area contributed by atoms with Crippen molar-refractivity contribution in [2.75, 3.05) is 58.1 Å². The molecule has 7 rings (SSSR count). The molecule has 0 radical (unpaired) electrons. The first-order valence-corrected chi connectivity index (χ1v) is 16.8. The van der Waals surface area contributed by atoms with Gasteiger partial charge in [0.05, 0.1) is 44.3 Å². The van der Waals surface area contributed by atoms with E-state index in [1.807, 2.05) is 25.5 Å². The highest BCUT2D eigenvalue weighted by Gasteiger charge is 2.41. The largest absolute Gasteiger partial charge is 0.490 e. The average Bonchev–Trinajstić information content (AvgIpc) is 3.67. The Morgan fingerprint density at radius 3 is 2.57 bits per heavy atom. The molecule has 4 aromatic rings. The van der Waals surface area contributed by atoms with Crippen LogP contribution >= 0.6 is 11.3 Å². The van der Waals surface area contributed by atoms with Gasteiger partial charge < -0.3 is 28.7 Å².